The Morgan fingerprint density at radius 1 is 1.18 bits per heavy atom. The van der Waals surface area contributed by atoms with Crippen molar-refractivity contribution in [1.82, 2.24) is 20.1 Å². The summed E-state index contributed by atoms with van der Waals surface area (Å²) in [5.41, 5.74) is 3.30. The van der Waals surface area contributed by atoms with Gasteiger partial charge in [0.25, 0.3) is 5.91 Å². The lowest BCUT2D eigenvalue weighted by atomic mass is 10.1. The number of carbonyl (C=O) groups is 1. The first-order valence-electron chi connectivity index (χ1n) is 7.00. The Labute approximate surface area is 128 Å². The van der Waals surface area contributed by atoms with E-state index in [0.717, 1.165) is 16.8 Å². The van der Waals surface area contributed by atoms with E-state index in [4.69, 9.17) is 0 Å². The first-order valence-corrected chi connectivity index (χ1v) is 7.00. The van der Waals surface area contributed by atoms with E-state index in [2.05, 4.69) is 15.4 Å². The van der Waals surface area contributed by atoms with Crippen molar-refractivity contribution in [3.8, 4) is 11.3 Å². The standard InChI is InChI=1S/C17H16N4O/c1-21-16(14-7-3-2-4-8-14)10-15(20-21)17(22)19-12-13-6-5-9-18-11-13/h2-11H,12H2,1H3,(H,19,22). The largest absolute Gasteiger partial charge is 0.347 e. The molecule has 22 heavy (non-hydrogen) atoms. The molecular formula is C17H16N4O. The molecule has 5 heteroatoms. The number of rotatable bonds is 4. The van der Waals surface area contributed by atoms with Crippen LogP contribution in [-0.2, 0) is 13.6 Å². The molecule has 0 fully saturated rings. The fraction of sp³-hybridized carbons (Fsp3) is 0.118. The minimum Gasteiger partial charge on any atom is -0.347 e. The van der Waals surface area contributed by atoms with Crippen molar-refractivity contribution < 1.29 is 4.79 Å². The van der Waals surface area contributed by atoms with Crippen molar-refractivity contribution in [2.75, 3.05) is 0 Å². The Balaban J connectivity index is 1.74. The number of carbonyl (C=O) groups excluding carboxylic acids is 1. The predicted molar refractivity (Wildman–Crippen MR) is 84.1 cm³/mol. The van der Waals surface area contributed by atoms with Crippen LogP contribution in [0.2, 0.25) is 0 Å². The summed E-state index contributed by atoms with van der Waals surface area (Å²) in [7, 11) is 1.83. The Bertz CT molecular complexity index is 766. The smallest absolute Gasteiger partial charge is 0.272 e. The van der Waals surface area contributed by atoms with Crippen molar-refractivity contribution >= 4 is 5.91 Å². The van der Waals surface area contributed by atoms with E-state index < -0.39 is 0 Å². The maximum Gasteiger partial charge on any atom is 0.272 e. The molecule has 0 aliphatic rings. The zero-order valence-corrected chi connectivity index (χ0v) is 12.2. The molecule has 3 aromatic rings. The van der Waals surface area contributed by atoms with E-state index in [1.807, 2.05) is 49.5 Å². The van der Waals surface area contributed by atoms with Crippen molar-refractivity contribution in [2.45, 2.75) is 6.54 Å². The number of aryl methyl sites for hydroxylation is 1. The van der Waals surface area contributed by atoms with Gasteiger partial charge in [-0.1, -0.05) is 36.4 Å². The van der Waals surface area contributed by atoms with Crippen LogP contribution in [0.3, 0.4) is 0 Å². The molecule has 0 aliphatic heterocycles. The molecule has 1 N–H and O–H groups in total. The lowest BCUT2D eigenvalue weighted by Crippen LogP contribution is -2.23. The molecule has 110 valence electrons. The summed E-state index contributed by atoms with van der Waals surface area (Å²) in [6.45, 7) is 0.434. The van der Waals surface area contributed by atoms with Gasteiger partial charge in [0.05, 0.1) is 5.69 Å². The number of hydrogen-bond donors (Lipinski definition) is 1. The van der Waals surface area contributed by atoms with Gasteiger partial charge in [-0.05, 0) is 23.3 Å². The van der Waals surface area contributed by atoms with Gasteiger partial charge in [-0.3, -0.25) is 14.5 Å². The van der Waals surface area contributed by atoms with Gasteiger partial charge < -0.3 is 5.32 Å². The number of amides is 1. The SMILES string of the molecule is Cn1nc(C(=O)NCc2cccnc2)cc1-c1ccccc1. The van der Waals surface area contributed by atoms with E-state index in [-0.39, 0.29) is 5.91 Å². The third-order valence-electron chi connectivity index (χ3n) is 3.36. The maximum absolute atomic E-state index is 12.2. The van der Waals surface area contributed by atoms with Crippen LogP contribution in [0.1, 0.15) is 16.1 Å². The molecule has 0 atom stereocenters. The average Bonchev–Trinajstić information content (AvgIpc) is 2.96. The molecule has 0 spiro atoms. The third-order valence-corrected chi connectivity index (χ3v) is 3.36. The first kappa shape index (κ1) is 14.0. The van der Waals surface area contributed by atoms with Gasteiger partial charge in [0.1, 0.15) is 0 Å². The second-order valence-corrected chi connectivity index (χ2v) is 4.95. The zero-order valence-electron chi connectivity index (χ0n) is 12.2. The lowest BCUT2D eigenvalue weighted by Gasteiger charge is -2.02. The molecule has 1 amide bonds. The van der Waals surface area contributed by atoms with Crippen molar-refractivity contribution in [1.29, 1.82) is 0 Å². The van der Waals surface area contributed by atoms with Gasteiger partial charge in [0.2, 0.25) is 0 Å². The second kappa shape index (κ2) is 6.22. The number of nitrogens with zero attached hydrogens (tertiary/aromatic N) is 3. The number of aromatic nitrogens is 3. The highest BCUT2D eigenvalue weighted by atomic mass is 16.1. The van der Waals surface area contributed by atoms with Crippen LogP contribution in [0.15, 0.2) is 60.9 Å². The normalized spacial score (nSPS) is 10.4. The molecule has 0 bridgehead atoms. The Kier molecular flexibility index (Phi) is 3.96. The molecule has 3 rings (SSSR count). The number of benzene rings is 1. The number of pyridine rings is 1. The first-order chi connectivity index (χ1) is 10.7. The average molecular weight is 292 g/mol. The highest BCUT2D eigenvalue weighted by Gasteiger charge is 2.13. The Morgan fingerprint density at radius 2 is 2.00 bits per heavy atom. The highest BCUT2D eigenvalue weighted by molar-refractivity contribution is 5.93. The maximum atomic E-state index is 12.2. The summed E-state index contributed by atoms with van der Waals surface area (Å²) in [5, 5.41) is 7.14. The summed E-state index contributed by atoms with van der Waals surface area (Å²) in [4.78, 5) is 16.2. The van der Waals surface area contributed by atoms with Crippen LogP contribution >= 0.6 is 0 Å². The summed E-state index contributed by atoms with van der Waals surface area (Å²) in [6.07, 6.45) is 3.43. The van der Waals surface area contributed by atoms with E-state index in [1.165, 1.54) is 0 Å². The molecule has 5 nitrogen and oxygen atoms in total. The summed E-state index contributed by atoms with van der Waals surface area (Å²) >= 11 is 0. The predicted octanol–water partition coefficient (Wildman–Crippen LogP) is 2.41. The number of nitrogens with one attached hydrogen (secondary N) is 1. The molecule has 2 heterocycles. The quantitative estimate of drug-likeness (QED) is 0.803. The lowest BCUT2D eigenvalue weighted by molar-refractivity contribution is 0.0945. The highest BCUT2D eigenvalue weighted by Crippen LogP contribution is 2.19. The minimum atomic E-state index is -0.193. The third kappa shape index (κ3) is 3.03. The fourth-order valence-electron chi connectivity index (χ4n) is 2.23. The van der Waals surface area contributed by atoms with Crippen LogP contribution in [0.5, 0.6) is 0 Å². The van der Waals surface area contributed by atoms with Crippen molar-refractivity contribution in [2.24, 2.45) is 7.05 Å². The molecule has 0 saturated carbocycles. The van der Waals surface area contributed by atoms with E-state index in [9.17, 15) is 4.79 Å². The van der Waals surface area contributed by atoms with Gasteiger partial charge in [-0.2, -0.15) is 5.10 Å². The summed E-state index contributed by atoms with van der Waals surface area (Å²) in [6, 6.07) is 15.4. The Morgan fingerprint density at radius 3 is 2.73 bits per heavy atom. The van der Waals surface area contributed by atoms with Crippen molar-refractivity contribution in [3.63, 3.8) is 0 Å². The second-order valence-electron chi connectivity index (χ2n) is 4.95. The van der Waals surface area contributed by atoms with Gasteiger partial charge in [0, 0.05) is 26.0 Å². The molecule has 0 aliphatic carbocycles. The van der Waals surface area contributed by atoms with E-state index in [0.29, 0.717) is 12.2 Å². The Hall–Kier alpha value is -2.95. The minimum absolute atomic E-state index is 0.193. The van der Waals surface area contributed by atoms with Gasteiger partial charge in [-0.25, -0.2) is 0 Å². The molecular weight excluding hydrogens is 276 g/mol. The molecule has 0 saturated heterocycles. The molecule has 2 aromatic heterocycles. The topological polar surface area (TPSA) is 59.8 Å². The number of hydrogen-bond acceptors (Lipinski definition) is 3. The van der Waals surface area contributed by atoms with Crippen molar-refractivity contribution in [3.05, 3.63) is 72.2 Å². The van der Waals surface area contributed by atoms with Crippen LogP contribution in [-0.4, -0.2) is 20.7 Å². The van der Waals surface area contributed by atoms with Crippen LogP contribution in [0.4, 0.5) is 0 Å². The fourth-order valence-corrected chi connectivity index (χ4v) is 2.23. The van der Waals surface area contributed by atoms with E-state index >= 15 is 0 Å². The van der Waals surface area contributed by atoms with Crippen LogP contribution in [0.25, 0.3) is 11.3 Å². The zero-order chi connectivity index (χ0) is 15.4. The monoisotopic (exact) mass is 292 g/mol. The van der Waals surface area contributed by atoms with Crippen LogP contribution < -0.4 is 5.32 Å². The van der Waals surface area contributed by atoms with Gasteiger partial charge in [0.15, 0.2) is 5.69 Å². The summed E-state index contributed by atoms with van der Waals surface area (Å²) in [5.74, 6) is -0.193. The molecule has 1 aromatic carbocycles. The van der Waals surface area contributed by atoms with Gasteiger partial charge >= 0.3 is 0 Å². The summed E-state index contributed by atoms with van der Waals surface area (Å²) < 4.78 is 1.72. The van der Waals surface area contributed by atoms with Crippen LogP contribution in [0, 0.1) is 0 Å². The molecule has 0 radical (unpaired) electrons. The van der Waals surface area contributed by atoms with E-state index in [1.54, 1.807) is 23.1 Å². The van der Waals surface area contributed by atoms with Gasteiger partial charge in [-0.15, -0.1) is 0 Å². The molecule has 0 unspecified atom stereocenters.